The molecule has 0 aliphatic heterocycles. The standard InChI is InChI=1S/C17H26F3N3O2/c1-3-24-11-5-4-10-22-16(21-2)23-12-14-6-8-15(9-7-14)25-13-17(18,19)20/h6-9H,3-5,10-13H2,1-2H3,(H2,21,22,23). The lowest BCUT2D eigenvalue weighted by Gasteiger charge is -2.13. The minimum Gasteiger partial charge on any atom is -0.484 e. The van der Waals surface area contributed by atoms with Crippen LogP contribution in [-0.4, -0.2) is 45.5 Å². The summed E-state index contributed by atoms with van der Waals surface area (Å²) in [6.07, 6.45) is -2.37. The molecule has 1 aromatic carbocycles. The van der Waals surface area contributed by atoms with Crippen molar-refractivity contribution in [1.82, 2.24) is 10.6 Å². The third-order valence-corrected chi connectivity index (χ3v) is 3.22. The Bertz CT molecular complexity index is 505. The number of benzene rings is 1. The maximum atomic E-state index is 12.1. The summed E-state index contributed by atoms with van der Waals surface area (Å²) in [6.45, 7) is 3.47. The van der Waals surface area contributed by atoms with Crippen molar-refractivity contribution < 1.29 is 22.6 Å². The highest BCUT2D eigenvalue weighted by Gasteiger charge is 2.28. The van der Waals surface area contributed by atoms with Gasteiger partial charge in [-0.2, -0.15) is 13.2 Å². The van der Waals surface area contributed by atoms with Gasteiger partial charge in [0.05, 0.1) is 0 Å². The quantitative estimate of drug-likeness (QED) is 0.382. The largest absolute Gasteiger partial charge is 0.484 e. The van der Waals surface area contributed by atoms with Crippen molar-refractivity contribution in [3.63, 3.8) is 0 Å². The summed E-state index contributed by atoms with van der Waals surface area (Å²) in [6, 6.07) is 6.47. The van der Waals surface area contributed by atoms with Gasteiger partial charge in [0.1, 0.15) is 5.75 Å². The van der Waals surface area contributed by atoms with Gasteiger partial charge in [-0.15, -0.1) is 0 Å². The summed E-state index contributed by atoms with van der Waals surface area (Å²) in [5.74, 6) is 0.867. The summed E-state index contributed by atoms with van der Waals surface area (Å²) in [4.78, 5) is 4.12. The third kappa shape index (κ3) is 10.5. The van der Waals surface area contributed by atoms with Crippen molar-refractivity contribution in [2.24, 2.45) is 4.99 Å². The SMILES string of the molecule is CCOCCCCNC(=NC)NCc1ccc(OCC(F)(F)F)cc1. The Hall–Kier alpha value is -1.96. The van der Waals surface area contributed by atoms with Crippen LogP contribution in [0.15, 0.2) is 29.3 Å². The van der Waals surface area contributed by atoms with E-state index in [0.29, 0.717) is 12.5 Å². The lowest BCUT2D eigenvalue weighted by molar-refractivity contribution is -0.153. The predicted molar refractivity (Wildman–Crippen MR) is 91.9 cm³/mol. The number of nitrogens with zero attached hydrogens (tertiary/aromatic N) is 1. The fourth-order valence-corrected chi connectivity index (χ4v) is 1.96. The number of halogens is 3. The average Bonchev–Trinajstić information content (AvgIpc) is 2.59. The molecule has 142 valence electrons. The number of guanidine groups is 1. The van der Waals surface area contributed by atoms with Crippen LogP contribution in [0.4, 0.5) is 13.2 Å². The van der Waals surface area contributed by atoms with E-state index < -0.39 is 12.8 Å². The van der Waals surface area contributed by atoms with Crippen LogP contribution in [0.1, 0.15) is 25.3 Å². The Morgan fingerprint density at radius 3 is 2.44 bits per heavy atom. The summed E-state index contributed by atoms with van der Waals surface area (Å²) < 4.78 is 46.2. The maximum Gasteiger partial charge on any atom is 0.422 e. The smallest absolute Gasteiger partial charge is 0.422 e. The van der Waals surface area contributed by atoms with Gasteiger partial charge in [-0.25, -0.2) is 0 Å². The molecule has 0 aromatic heterocycles. The zero-order valence-corrected chi connectivity index (χ0v) is 14.7. The highest BCUT2D eigenvalue weighted by atomic mass is 19.4. The van der Waals surface area contributed by atoms with Crippen LogP contribution in [-0.2, 0) is 11.3 Å². The van der Waals surface area contributed by atoms with Gasteiger partial charge in [0, 0.05) is 33.4 Å². The van der Waals surface area contributed by atoms with E-state index in [1.54, 1.807) is 19.2 Å². The van der Waals surface area contributed by atoms with Crippen LogP contribution < -0.4 is 15.4 Å². The summed E-state index contributed by atoms with van der Waals surface area (Å²) in [7, 11) is 1.68. The van der Waals surface area contributed by atoms with E-state index in [9.17, 15) is 13.2 Å². The Labute approximate surface area is 146 Å². The maximum absolute atomic E-state index is 12.1. The van der Waals surface area contributed by atoms with E-state index in [1.807, 2.05) is 6.92 Å². The first-order valence-corrected chi connectivity index (χ1v) is 8.25. The molecule has 0 bridgehead atoms. The molecule has 0 heterocycles. The summed E-state index contributed by atoms with van der Waals surface area (Å²) in [5, 5.41) is 6.35. The molecule has 1 aromatic rings. The Morgan fingerprint density at radius 1 is 1.12 bits per heavy atom. The summed E-state index contributed by atoms with van der Waals surface area (Å²) in [5.41, 5.74) is 0.915. The van der Waals surface area contributed by atoms with Crippen molar-refractivity contribution >= 4 is 5.96 Å². The molecule has 0 spiro atoms. The number of rotatable bonds is 10. The molecule has 0 aliphatic carbocycles. The topological polar surface area (TPSA) is 54.9 Å². The lowest BCUT2D eigenvalue weighted by Crippen LogP contribution is -2.37. The molecule has 0 unspecified atom stereocenters. The van der Waals surface area contributed by atoms with E-state index in [2.05, 4.69) is 20.4 Å². The zero-order valence-electron chi connectivity index (χ0n) is 14.7. The van der Waals surface area contributed by atoms with Crippen LogP contribution in [0, 0.1) is 0 Å². The van der Waals surface area contributed by atoms with Crippen LogP contribution in [0.5, 0.6) is 5.75 Å². The van der Waals surface area contributed by atoms with Crippen molar-refractivity contribution in [1.29, 1.82) is 0 Å². The average molecular weight is 361 g/mol. The van der Waals surface area contributed by atoms with Gasteiger partial charge in [-0.05, 0) is 37.5 Å². The second-order valence-corrected chi connectivity index (χ2v) is 5.30. The number of hydrogen-bond acceptors (Lipinski definition) is 3. The fourth-order valence-electron chi connectivity index (χ4n) is 1.96. The Balaban J connectivity index is 2.28. The third-order valence-electron chi connectivity index (χ3n) is 3.22. The van der Waals surface area contributed by atoms with Gasteiger partial charge in [0.25, 0.3) is 0 Å². The van der Waals surface area contributed by atoms with Gasteiger partial charge in [-0.3, -0.25) is 4.99 Å². The molecule has 0 amide bonds. The molecule has 2 N–H and O–H groups in total. The monoisotopic (exact) mass is 361 g/mol. The molecule has 0 saturated heterocycles. The van der Waals surface area contributed by atoms with Crippen molar-refractivity contribution in [3.8, 4) is 5.75 Å². The number of unbranched alkanes of at least 4 members (excludes halogenated alkanes) is 1. The van der Waals surface area contributed by atoms with Gasteiger partial charge in [0.15, 0.2) is 12.6 Å². The minimum absolute atomic E-state index is 0.192. The van der Waals surface area contributed by atoms with Gasteiger partial charge in [-0.1, -0.05) is 12.1 Å². The first-order chi connectivity index (χ1) is 11.9. The van der Waals surface area contributed by atoms with Crippen LogP contribution in [0.3, 0.4) is 0 Å². The number of alkyl halides is 3. The van der Waals surface area contributed by atoms with E-state index in [4.69, 9.17) is 4.74 Å². The number of aliphatic imine (C=N–C) groups is 1. The van der Waals surface area contributed by atoms with Gasteiger partial charge in [0.2, 0.25) is 0 Å². The molecule has 0 atom stereocenters. The highest BCUT2D eigenvalue weighted by molar-refractivity contribution is 5.79. The second kappa shape index (κ2) is 11.6. The predicted octanol–water partition coefficient (Wildman–Crippen LogP) is 3.11. The molecule has 0 saturated carbocycles. The van der Waals surface area contributed by atoms with E-state index in [0.717, 1.165) is 38.2 Å². The molecule has 25 heavy (non-hydrogen) atoms. The van der Waals surface area contributed by atoms with Gasteiger partial charge >= 0.3 is 6.18 Å². The summed E-state index contributed by atoms with van der Waals surface area (Å²) >= 11 is 0. The lowest BCUT2D eigenvalue weighted by atomic mass is 10.2. The van der Waals surface area contributed by atoms with Gasteiger partial charge < -0.3 is 20.1 Å². The van der Waals surface area contributed by atoms with Crippen LogP contribution in [0.25, 0.3) is 0 Å². The van der Waals surface area contributed by atoms with E-state index in [-0.39, 0.29) is 5.75 Å². The van der Waals surface area contributed by atoms with E-state index >= 15 is 0 Å². The Morgan fingerprint density at radius 2 is 1.84 bits per heavy atom. The zero-order chi connectivity index (χ0) is 18.5. The first kappa shape index (κ1) is 21.1. The molecular weight excluding hydrogens is 335 g/mol. The van der Waals surface area contributed by atoms with Crippen molar-refractivity contribution in [3.05, 3.63) is 29.8 Å². The van der Waals surface area contributed by atoms with Crippen LogP contribution >= 0.6 is 0 Å². The normalized spacial score (nSPS) is 12.1. The molecule has 0 fully saturated rings. The molecule has 0 aliphatic rings. The first-order valence-electron chi connectivity index (χ1n) is 8.25. The Kier molecular flexibility index (Phi) is 9.76. The number of hydrogen-bond donors (Lipinski definition) is 2. The molecule has 0 radical (unpaired) electrons. The second-order valence-electron chi connectivity index (χ2n) is 5.30. The molecule has 1 rings (SSSR count). The fraction of sp³-hybridized carbons (Fsp3) is 0.588. The molecule has 8 heteroatoms. The van der Waals surface area contributed by atoms with Crippen molar-refractivity contribution in [2.45, 2.75) is 32.5 Å². The highest BCUT2D eigenvalue weighted by Crippen LogP contribution is 2.18. The molecular formula is C17H26F3N3O2. The van der Waals surface area contributed by atoms with Crippen molar-refractivity contribution in [2.75, 3.05) is 33.4 Å². The van der Waals surface area contributed by atoms with Crippen LogP contribution in [0.2, 0.25) is 0 Å². The molecule has 5 nitrogen and oxygen atoms in total. The minimum atomic E-state index is -4.33. The van der Waals surface area contributed by atoms with E-state index in [1.165, 1.54) is 12.1 Å². The number of ether oxygens (including phenoxy) is 2. The number of nitrogens with one attached hydrogen (secondary N) is 2.